The first-order valence-electron chi connectivity index (χ1n) is 14.9. The third kappa shape index (κ3) is 8.42. The van der Waals surface area contributed by atoms with E-state index in [0.29, 0.717) is 37.4 Å². The molecule has 0 amide bonds. The summed E-state index contributed by atoms with van der Waals surface area (Å²) in [6.45, 7) is 5.10. The van der Waals surface area contributed by atoms with E-state index in [1.165, 1.54) is 65.6 Å². The van der Waals surface area contributed by atoms with E-state index in [0.717, 1.165) is 38.5 Å². The summed E-state index contributed by atoms with van der Waals surface area (Å²) in [7, 11) is 0. The zero-order chi connectivity index (χ0) is 27.5. The van der Waals surface area contributed by atoms with Crippen molar-refractivity contribution < 1.29 is 19.1 Å². The van der Waals surface area contributed by atoms with Crippen molar-refractivity contribution in [3.05, 3.63) is 71.8 Å². The van der Waals surface area contributed by atoms with Crippen LogP contribution in [0.3, 0.4) is 0 Å². The Morgan fingerprint density at radius 3 is 2.28 bits per heavy atom. The van der Waals surface area contributed by atoms with Gasteiger partial charge in [0.2, 0.25) is 0 Å². The topological polar surface area (TPSA) is 52.6 Å². The van der Waals surface area contributed by atoms with Crippen LogP contribution in [0, 0.1) is 11.8 Å². The summed E-state index contributed by atoms with van der Waals surface area (Å²) < 4.78 is 10.2. The fourth-order valence-electron chi connectivity index (χ4n) is 6.30. The lowest BCUT2D eigenvalue weighted by molar-refractivity contribution is -0.141. The first kappa shape index (κ1) is 28.9. The second-order valence-electron chi connectivity index (χ2n) is 11.2. The van der Waals surface area contributed by atoms with Crippen LogP contribution in [0.15, 0.2) is 60.7 Å². The van der Waals surface area contributed by atoms with Gasteiger partial charge in [-0.25, -0.2) is 0 Å². The Bertz CT molecular complexity index is 1190. The van der Waals surface area contributed by atoms with E-state index >= 15 is 0 Å². The number of carbonyl (C=O) groups is 2. The predicted molar refractivity (Wildman–Crippen MR) is 159 cm³/mol. The Labute approximate surface area is 234 Å². The van der Waals surface area contributed by atoms with Gasteiger partial charge in [-0.2, -0.15) is 0 Å². The molecular formula is C35H44O4. The molecule has 4 heteroatoms. The molecule has 0 radical (unpaired) electrons. The molecule has 4 nitrogen and oxygen atoms in total. The van der Waals surface area contributed by atoms with Crippen molar-refractivity contribution in [2.75, 3.05) is 13.2 Å². The zero-order valence-electron chi connectivity index (χ0n) is 23.7. The van der Waals surface area contributed by atoms with Crippen LogP contribution >= 0.6 is 0 Å². The smallest absolute Gasteiger partial charge is 0.302 e. The van der Waals surface area contributed by atoms with Crippen molar-refractivity contribution >= 4 is 23.2 Å². The van der Waals surface area contributed by atoms with Crippen LogP contribution in [-0.4, -0.2) is 25.7 Å². The van der Waals surface area contributed by atoms with E-state index in [-0.39, 0.29) is 5.97 Å². The molecule has 1 atom stereocenters. The molecule has 1 saturated carbocycles. The van der Waals surface area contributed by atoms with Gasteiger partial charge in [0.25, 0.3) is 6.47 Å². The maximum atomic E-state index is 11.2. The van der Waals surface area contributed by atoms with E-state index in [4.69, 9.17) is 9.47 Å². The number of carbonyl (C=O) groups excluding carboxylic acids is 2. The quantitative estimate of drug-likeness (QED) is 0.119. The highest BCUT2D eigenvalue weighted by molar-refractivity contribution is 5.88. The molecule has 4 rings (SSSR count). The molecule has 1 aliphatic rings. The van der Waals surface area contributed by atoms with Crippen LogP contribution in [0.25, 0.3) is 21.9 Å². The molecule has 1 aliphatic carbocycles. The molecule has 1 unspecified atom stereocenters. The van der Waals surface area contributed by atoms with Crippen molar-refractivity contribution in [2.24, 2.45) is 11.8 Å². The van der Waals surface area contributed by atoms with Gasteiger partial charge in [-0.3, -0.25) is 9.59 Å². The average molecular weight is 529 g/mol. The fourth-order valence-corrected chi connectivity index (χ4v) is 6.30. The number of benzene rings is 3. The van der Waals surface area contributed by atoms with Crippen molar-refractivity contribution in [2.45, 2.75) is 84.0 Å². The molecule has 0 N–H and O–H groups in total. The molecule has 0 spiro atoms. The fraction of sp³-hybridized carbons (Fsp3) is 0.486. The monoisotopic (exact) mass is 528 g/mol. The molecule has 1 fully saturated rings. The number of unbranched alkanes of at least 4 members (excludes halogenated alkanes) is 2. The molecule has 0 heterocycles. The summed E-state index contributed by atoms with van der Waals surface area (Å²) in [6.07, 6.45) is 11.3. The van der Waals surface area contributed by atoms with Crippen LogP contribution in [0.5, 0.6) is 0 Å². The predicted octanol–water partition coefficient (Wildman–Crippen LogP) is 8.65. The normalized spacial score (nSPS) is 18.0. The minimum Gasteiger partial charge on any atom is -0.468 e. The largest absolute Gasteiger partial charge is 0.468 e. The third-order valence-corrected chi connectivity index (χ3v) is 8.60. The Morgan fingerprint density at radius 2 is 1.56 bits per heavy atom. The van der Waals surface area contributed by atoms with Crippen LogP contribution in [0.1, 0.15) is 88.7 Å². The highest BCUT2D eigenvalue weighted by Gasteiger charge is 2.28. The second-order valence-corrected chi connectivity index (χ2v) is 11.2. The molecule has 0 saturated heterocycles. The van der Waals surface area contributed by atoms with Crippen LogP contribution < -0.4 is 0 Å². The second kappa shape index (κ2) is 14.9. The Kier molecular flexibility index (Phi) is 11.0. The average Bonchev–Trinajstić information content (AvgIpc) is 2.96. The summed E-state index contributed by atoms with van der Waals surface area (Å²) in [6, 6.07) is 22.9. The summed E-state index contributed by atoms with van der Waals surface area (Å²) in [5.74, 6) is 1.32. The lowest BCUT2D eigenvalue weighted by Gasteiger charge is -2.34. The van der Waals surface area contributed by atoms with Crippen LogP contribution in [0.4, 0.5) is 0 Å². The number of ether oxygens (including phenoxy) is 2. The van der Waals surface area contributed by atoms with Gasteiger partial charge in [0.15, 0.2) is 0 Å². The first-order chi connectivity index (χ1) is 19.1. The SMILES string of the molecule is CCCCCc1ccc(-c2ccc3cc(C4CCC(C(CCOC=O)CCOC(C)=O)CC4)ccc3c2)cc1. The number of aryl methyl sites for hydroxylation is 1. The van der Waals surface area contributed by atoms with Crippen molar-refractivity contribution in [1.82, 2.24) is 0 Å². The van der Waals surface area contributed by atoms with E-state index in [1.54, 1.807) is 0 Å². The summed E-state index contributed by atoms with van der Waals surface area (Å²) in [5.41, 5.74) is 5.41. The molecule has 0 bridgehead atoms. The maximum Gasteiger partial charge on any atom is 0.302 e. The number of hydrogen-bond acceptors (Lipinski definition) is 4. The lowest BCUT2D eigenvalue weighted by atomic mass is 9.72. The van der Waals surface area contributed by atoms with Crippen molar-refractivity contribution in [1.29, 1.82) is 0 Å². The van der Waals surface area contributed by atoms with E-state index < -0.39 is 0 Å². The van der Waals surface area contributed by atoms with E-state index in [1.807, 2.05) is 0 Å². The van der Waals surface area contributed by atoms with Gasteiger partial charge in [-0.15, -0.1) is 0 Å². The number of hydrogen-bond donors (Lipinski definition) is 0. The maximum absolute atomic E-state index is 11.2. The lowest BCUT2D eigenvalue weighted by Crippen LogP contribution is -2.24. The van der Waals surface area contributed by atoms with E-state index in [2.05, 4.69) is 67.6 Å². The van der Waals surface area contributed by atoms with Crippen LogP contribution in [-0.2, 0) is 25.5 Å². The summed E-state index contributed by atoms with van der Waals surface area (Å²) in [4.78, 5) is 21.8. The molecule has 0 aliphatic heterocycles. The molecule has 3 aromatic carbocycles. The molecular weight excluding hydrogens is 484 g/mol. The van der Waals surface area contributed by atoms with Gasteiger partial charge in [0.05, 0.1) is 13.2 Å². The minimum absolute atomic E-state index is 0.235. The van der Waals surface area contributed by atoms with Gasteiger partial charge >= 0.3 is 5.97 Å². The van der Waals surface area contributed by atoms with Gasteiger partial charge in [-0.05, 0) is 108 Å². The van der Waals surface area contributed by atoms with Gasteiger partial charge in [0.1, 0.15) is 0 Å². The van der Waals surface area contributed by atoms with Gasteiger partial charge < -0.3 is 9.47 Å². The first-order valence-corrected chi connectivity index (χ1v) is 14.9. The Morgan fingerprint density at radius 1 is 0.872 bits per heavy atom. The Hall–Kier alpha value is -3.14. The zero-order valence-corrected chi connectivity index (χ0v) is 23.7. The third-order valence-electron chi connectivity index (χ3n) is 8.60. The molecule has 39 heavy (non-hydrogen) atoms. The summed E-state index contributed by atoms with van der Waals surface area (Å²) >= 11 is 0. The molecule has 0 aromatic heterocycles. The number of fused-ring (bicyclic) bond motifs is 1. The van der Waals surface area contributed by atoms with Crippen molar-refractivity contribution in [3.63, 3.8) is 0 Å². The van der Waals surface area contributed by atoms with Crippen LogP contribution in [0.2, 0.25) is 0 Å². The summed E-state index contributed by atoms with van der Waals surface area (Å²) in [5, 5.41) is 2.59. The highest BCUT2D eigenvalue weighted by atomic mass is 16.5. The van der Waals surface area contributed by atoms with E-state index in [9.17, 15) is 9.59 Å². The highest BCUT2D eigenvalue weighted by Crippen LogP contribution is 2.41. The van der Waals surface area contributed by atoms with Gasteiger partial charge in [0, 0.05) is 6.92 Å². The molecule has 3 aromatic rings. The van der Waals surface area contributed by atoms with Crippen molar-refractivity contribution in [3.8, 4) is 11.1 Å². The number of rotatable bonds is 14. The molecule has 208 valence electrons. The Balaban J connectivity index is 1.36. The standard InChI is InChI=1S/C35H44O4/c1-3-4-5-6-27-7-9-29(10-8-27)32-15-17-35-24-33(16-18-34(35)23-32)30-13-11-28(12-14-30)31(19-21-38-25-36)20-22-39-26(2)37/h7-10,15-18,23-25,28,30-31H,3-6,11-14,19-22H2,1-2H3. The number of esters is 1. The van der Waals surface area contributed by atoms with Gasteiger partial charge in [-0.1, -0.05) is 74.4 Å². The minimum atomic E-state index is -0.235.